The average Bonchev–Trinajstić information content (AvgIpc) is 3.24. The number of amides is 2. The van der Waals surface area contributed by atoms with E-state index in [0.29, 0.717) is 16.9 Å². The van der Waals surface area contributed by atoms with E-state index < -0.39 is 41.3 Å². The zero-order chi connectivity index (χ0) is 33.7. The van der Waals surface area contributed by atoms with E-state index in [-0.39, 0.29) is 25.7 Å². The maximum absolute atomic E-state index is 12.0. The molecule has 248 valence electrons. The summed E-state index contributed by atoms with van der Waals surface area (Å²) in [5, 5.41) is 12.3. The molecule has 0 saturated carbocycles. The van der Waals surface area contributed by atoms with Gasteiger partial charge in [-0.25, -0.2) is 4.79 Å². The van der Waals surface area contributed by atoms with Crippen LogP contribution in [0.5, 0.6) is 0 Å². The Kier molecular flexibility index (Phi) is 15.9. The highest BCUT2D eigenvalue weighted by atomic mass is 28.3. The van der Waals surface area contributed by atoms with Crippen LogP contribution in [0, 0.1) is 23.7 Å². The molecule has 1 heterocycles. The molecule has 7 nitrogen and oxygen atoms in total. The number of carboxylic acid groups (broad SMARTS) is 1. The van der Waals surface area contributed by atoms with Crippen molar-refractivity contribution in [2.45, 2.75) is 105 Å². The lowest BCUT2D eigenvalue weighted by atomic mass is 10.1. The summed E-state index contributed by atoms with van der Waals surface area (Å²) in [6.45, 7) is 18.2. The fraction of sp³-hybridized carbons (Fsp3) is 0.556. The molecule has 2 amide bonds. The second-order valence-corrected chi connectivity index (χ2v) is 20.2. The maximum Gasteiger partial charge on any atom is 0.337 e. The second-order valence-electron chi connectivity index (χ2n) is 14.2. The standard InChI is InChI=1S/C20H29NO4Si.C16H26O2Si/c1-14(2)12-26(13-15(3)4)17-7-5-16(6-8-17)11-20(24)25-21-18(22)9-10-19(21)23;1-12(2)10-19(11-13(3)4)15-7-5-14(6-8-15)9-16(17)18/h5-8,14-15,26H,9-13H2,1-4H3;5-8,12-13,19H,9-11H2,1-4H3,(H,17,18). The van der Waals surface area contributed by atoms with E-state index in [1.807, 2.05) is 24.3 Å². The summed E-state index contributed by atoms with van der Waals surface area (Å²) in [5.74, 6) is 0.629. The van der Waals surface area contributed by atoms with Gasteiger partial charge < -0.3 is 9.94 Å². The lowest BCUT2D eigenvalue weighted by Gasteiger charge is -2.20. The molecule has 2 aromatic rings. The number of hydrogen-bond acceptors (Lipinski definition) is 5. The SMILES string of the molecule is CC(C)C[SiH](CC(C)C)c1ccc(CC(=O)O)cc1.CC(C)C[SiH](CC(C)C)c1ccc(CC(=O)ON2C(=O)CCC2=O)cc1. The van der Waals surface area contributed by atoms with E-state index in [0.717, 1.165) is 23.0 Å². The Balaban J connectivity index is 0.000000330. The summed E-state index contributed by atoms with van der Waals surface area (Å²) < 4.78 is 0. The molecule has 0 spiro atoms. The summed E-state index contributed by atoms with van der Waals surface area (Å²) in [5.41, 5.74) is 1.73. The molecule has 0 aliphatic carbocycles. The number of hydrogen-bond donors (Lipinski definition) is 1. The summed E-state index contributed by atoms with van der Waals surface area (Å²) in [6.07, 6.45) is 0.399. The number of rotatable bonds is 15. The highest BCUT2D eigenvalue weighted by Gasteiger charge is 2.32. The van der Waals surface area contributed by atoms with Gasteiger partial charge in [-0.05, 0) is 34.8 Å². The topological polar surface area (TPSA) is 101 Å². The maximum atomic E-state index is 12.0. The van der Waals surface area contributed by atoms with Crippen LogP contribution in [0.25, 0.3) is 0 Å². The molecule has 0 aromatic heterocycles. The predicted octanol–water partition coefficient (Wildman–Crippen LogP) is 5.64. The van der Waals surface area contributed by atoms with Crippen LogP contribution in [-0.4, -0.2) is 51.5 Å². The first kappa shape index (κ1) is 38.1. The molecule has 1 fully saturated rings. The van der Waals surface area contributed by atoms with Gasteiger partial charge in [-0.15, -0.1) is 5.06 Å². The minimum atomic E-state index is -1.02. The van der Waals surface area contributed by atoms with Crippen LogP contribution >= 0.6 is 0 Å². The molecule has 1 saturated heterocycles. The monoisotopic (exact) mass is 653 g/mol. The van der Waals surface area contributed by atoms with Crippen LogP contribution in [0.4, 0.5) is 0 Å². The minimum absolute atomic E-state index is 0.0535. The van der Waals surface area contributed by atoms with Crippen molar-refractivity contribution in [2.24, 2.45) is 23.7 Å². The van der Waals surface area contributed by atoms with Crippen LogP contribution in [0.15, 0.2) is 48.5 Å². The van der Waals surface area contributed by atoms with Gasteiger partial charge in [-0.3, -0.25) is 14.4 Å². The van der Waals surface area contributed by atoms with Crippen LogP contribution in [-0.2, 0) is 36.9 Å². The minimum Gasteiger partial charge on any atom is -0.481 e. The Labute approximate surface area is 273 Å². The Bertz CT molecular complexity index is 1210. The third kappa shape index (κ3) is 14.3. The fourth-order valence-corrected chi connectivity index (χ4v) is 13.5. The molecule has 0 unspecified atom stereocenters. The van der Waals surface area contributed by atoms with Gasteiger partial charge in [0, 0.05) is 12.8 Å². The van der Waals surface area contributed by atoms with Crippen LogP contribution < -0.4 is 10.4 Å². The zero-order valence-corrected chi connectivity index (χ0v) is 31.0. The molecule has 0 radical (unpaired) electrons. The van der Waals surface area contributed by atoms with Crippen molar-refractivity contribution >= 4 is 51.7 Å². The van der Waals surface area contributed by atoms with Crippen molar-refractivity contribution in [3.63, 3.8) is 0 Å². The smallest absolute Gasteiger partial charge is 0.337 e. The van der Waals surface area contributed by atoms with Crippen molar-refractivity contribution in [1.82, 2.24) is 5.06 Å². The van der Waals surface area contributed by atoms with Gasteiger partial charge in [0.25, 0.3) is 11.8 Å². The molecule has 1 aliphatic rings. The number of imide groups is 1. The van der Waals surface area contributed by atoms with Crippen molar-refractivity contribution in [3.8, 4) is 0 Å². The second kappa shape index (κ2) is 18.8. The molecule has 3 rings (SSSR count). The van der Waals surface area contributed by atoms with Crippen molar-refractivity contribution in [2.75, 3.05) is 0 Å². The molecule has 2 aromatic carbocycles. The van der Waals surface area contributed by atoms with Gasteiger partial charge >= 0.3 is 11.9 Å². The molecule has 45 heavy (non-hydrogen) atoms. The normalized spacial score (nSPS) is 13.4. The van der Waals surface area contributed by atoms with E-state index in [2.05, 4.69) is 79.7 Å². The molecule has 0 bridgehead atoms. The first-order valence-corrected chi connectivity index (χ1v) is 21.0. The predicted molar refractivity (Wildman–Crippen MR) is 187 cm³/mol. The van der Waals surface area contributed by atoms with Gasteiger partial charge in [0.05, 0.1) is 30.4 Å². The summed E-state index contributed by atoms with van der Waals surface area (Å²) >= 11 is 0. The first-order valence-electron chi connectivity index (χ1n) is 16.6. The van der Waals surface area contributed by atoms with Gasteiger partial charge in [-0.1, -0.05) is 138 Å². The molecule has 9 heteroatoms. The van der Waals surface area contributed by atoms with Crippen LogP contribution in [0.3, 0.4) is 0 Å². The molecule has 1 aliphatic heterocycles. The van der Waals surface area contributed by atoms with Gasteiger partial charge in [0.2, 0.25) is 0 Å². The molecule has 1 N–H and O–H groups in total. The average molecular weight is 654 g/mol. The van der Waals surface area contributed by atoms with Gasteiger partial charge in [0.15, 0.2) is 0 Å². The number of aliphatic carboxylic acids is 1. The van der Waals surface area contributed by atoms with E-state index in [4.69, 9.17) is 9.94 Å². The summed E-state index contributed by atoms with van der Waals surface area (Å²) in [7, 11) is -1.93. The largest absolute Gasteiger partial charge is 0.481 e. The van der Waals surface area contributed by atoms with Gasteiger partial charge in [-0.2, -0.15) is 0 Å². The lowest BCUT2D eigenvalue weighted by molar-refractivity contribution is -0.197. The Morgan fingerprint density at radius 3 is 1.29 bits per heavy atom. The van der Waals surface area contributed by atoms with Crippen LogP contribution in [0.2, 0.25) is 24.2 Å². The number of nitrogens with zero attached hydrogens (tertiary/aromatic N) is 1. The Morgan fingerprint density at radius 2 is 0.978 bits per heavy atom. The Hall–Kier alpha value is -3.05. The van der Waals surface area contributed by atoms with E-state index >= 15 is 0 Å². The summed E-state index contributed by atoms with van der Waals surface area (Å²) in [6, 6.07) is 21.7. The quantitative estimate of drug-likeness (QED) is 0.197. The van der Waals surface area contributed by atoms with E-state index in [9.17, 15) is 19.2 Å². The number of carbonyl (C=O) groups excluding carboxylic acids is 3. The molecular formula is C36H55NO6Si2. The van der Waals surface area contributed by atoms with Crippen LogP contribution in [0.1, 0.15) is 79.4 Å². The van der Waals surface area contributed by atoms with Crippen molar-refractivity contribution < 1.29 is 29.1 Å². The number of carboxylic acids is 1. The number of carbonyl (C=O) groups is 4. The highest BCUT2D eigenvalue weighted by Crippen LogP contribution is 2.17. The fourth-order valence-electron chi connectivity index (χ4n) is 5.96. The summed E-state index contributed by atoms with van der Waals surface area (Å²) in [4.78, 5) is 50.6. The van der Waals surface area contributed by atoms with E-state index in [1.165, 1.54) is 34.5 Å². The van der Waals surface area contributed by atoms with Crippen molar-refractivity contribution in [1.29, 1.82) is 0 Å². The third-order valence-electron chi connectivity index (χ3n) is 7.83. The van der Waals surface area contributed by atoms with Crippen molar-refractivity contribution in [3.05, 3.63) is 59.7 Å². The molecule has 0 atom stereocenters. The Morgan fingerprint density at radius 1 is 0.644 bits per heavy atom. The number of hydroxylamine groups is 2. The third-order valence-corrected chi connectivity index (χ3v) is 16.5. The zero-order valence-electron chi connectivity index (χ0n) is 28.7. The van der Waals surface area contributed by atoms with Gasteiger partial charge in [0.1, 0.15) is 0 Å². The van der Waals surface area contributed by atoms with E-state index in [1.54, 1.807) is 0 Å². The molecular weight excluding hydrogens is 599 g/mol. The first-order chi connectivity index (χ1) is 21.1. The lowest BCUT2D eigenvalue weighted by Crippen LogP contribution is -2.33. The number of benzene rings is 2. The highest BCUT2D eigenvalue weighted by molar-refractivity contribution is 6.73.